The third-order valence-corrected chi connectivity index (χ3v) is 8.81. The van der Waals surface area contributed by atoms with Gasteiger partial charge in [0, 0.05) is 0 Å². The topological polar surface area (TPSA) is 35.5 Å². The Morgan fingerprint density at radius 1 is 0.853 bits per heavy atom. The predicted molar refractivity (Wildman–Crippen MR) is 145 cm³/mol. The third kappa shape index (κ3) is 8.88. The summed E-state index contributed by atoms with van der Waals surface area (Å²) in [5.41, 5.74) is 0.605. The second-order valence-corrected chi connectivity index (χ2v) is 11.6. The lowest BCUT2D eigenvalue weighted by molar-refractivity contribution is 0.0109. The minimum Gasteiger partial charge on any atom is -0.492 e. The van der Waals surface area contributed by atoms with Crippen molar-refractivity contribution in [3.8, 4) is 5.75 Å². The lowest BCUT2D eigenvalue weighted by Gasteiger charge is -2.37. The van der Waals surface area contributed by atoms with Gasteiger partial charge in [-0.25, -0.2) is 4.79 Å². The van der Waals surface area contributed by atoms with Gasteiger partial charge in [0.15, 0.2) is 0 Å². The molecule has 2 saturated carbocycles. The molecule has 0 unspecified atom stereocenters. The molecular formula is C30H47BrO3. The fraction of sp³-hybridized carbons (Fsp3) is 0.767. The van der Waals surface area contributed by atoms with Gasteiger partial charge in [0.2, 0.25) is 0 Å². The molecule has 0 bridgehead atoms. The summed E-state index contributed by atoms with van der Waals surface area (Å²) in [6.07, 6.45) is 20.6. The van der Waals surface area contributed by atoms with E-state index in [1.54, 1.807) is 0 Å². The third-order valence-electron chi connectivity index (χ3n) is 8.19. The summed E-state index contributed by atoms with van der Waals surface area (Å²) < 4.78 is 12.6. The highest BCUT2D eigenvalue weighted by molar-refractivity contribution is 9.10. The maximum absolute atomic E-state index is 12.8. The van der Waals surface area contributed by atoms with E-state index >= 15 is 0 Å². The first-order chi connectivity index (χ1) is 16.6. The zero-order valence-corrected chi connectivity index (χ0v) is 23.3. The van der Waals surface area contributed by atoms with E-state index in [2.05, 4.69) is 29.8 Å². The molecule has 0 heterocycles. The Bertz CT molecular complexity index is 718. The molecule has 0 atom stereocenters. The number of esters is 1. The molecule has 1 aromatic carbocycles. The van der Waals surface area contributed by atoms with Crippen molar-refractivity contribution < 1.29 is 14.3 Å². The van der Waals surface area contributed by atoms with Gasteiger partial charge in [0.25, 0.3) is 0 Å². The summed E-state index contributed by atoms with van der Waals surface area (Å²) in [6, 6.07) is 5.56. The molecule has 0 amide bonds. The van der Waals surface area contributed by atoms with Crippen molar-refractivity contribution in [1.29, 1.82) is 0 Å². The summed E-state index contributed by atoms with van der Waals surface area (Å²) in [7, 11) is 0. The number of benzene rings is 1. The minimum atomic E-state index is -0.203. The van der Waals surface area contributed by atoms with Crippen molar-refractivity contribution in [2.24, 2.45) is 17.8 Å². The van der Waals surface area contributed by atoms with E-state index < -0.39 is 0 Å². The normalized spacial score (nSPS) is 25.1. The molecule has 0 spiro atoms. The average molecular weight is 536 g/mol. The van der Waals surface area contributed by atoms with Crippen molar-refractivity contribution in [2.75, 3.05) is 6.61 Å². The number of carbonyl (C=O) groups excluding carboxylic acids is 1. The van der Waals surface area contributed by atoms with Crippen LogP contribution in [0.4, 0.5) is 0 Å². The summed E-state index contributed by atoms with van der Waals surface area (Å²) >= 11 is 3.56. The quantitative estimate of drug-likeness (QED) is 0.186. The fourth-order valence-corrected chi connectivity index (χ4v) is 6.48. The Morgan fingerprint density at radius 2 is 1.50 bits per heavy atom. The minimum absolute atomic E-state index is 0.0717. The number of hydrogen-bond acceptors (Lipinski definition) is 3. The van der Waals surface area contributed by atoms with Crippen LogP contribution >= 0.6 is 15.9 Å². The Morgan fingerprint density at radius 3 is 2.15 bits per heavy atom. The lowest BCUT2D eigenvalue weighted by atomic mass is 9.70. The Balaban J connectivity index is 1.36. The smallest absolute Gasteiger partial charge is 0.338 e. The van der Waals surface area contributed by atoms with Gasteiger partial charge in [0.1, 0.15) is 11.9 Å². The number of rotatable bonds is 13. The van der Waals surface area contributed by atoms with Gasteiger partial charge in [-0.2, -0.15) is 0 Å². The molecule has 3 rings (SSSR count). The molecule has 2 aliphatic rings. The monoisotopic (exact) mass is 534 g/mol. The molecule has 2 fully saturated rings. The molecule has 0 radical (unpaired) electrons. The first-order valence-corrected chi connectivity index (χ1v) is 15.0. The Kier molecular flexibility index (Phi) is 12.3. The van der Waals surface area contributed by atoms with Gasteiger partial charge in [0.05, 0.1) is 16.6 Å². The van der Waals surface area contributed by atoms with Crippen LogP contribution in [0.2, 0.25) is 0 Å². The number of halogens is 1. The summed E-state index contributed by atoms with van der Waals surface area (Å²) in [5, 5.41) is 0. The van der Waals surface area contributed by atoms with Crippen molar-refractivity contribution >= 4 is 21.9 Å². The summed E-state index contributed by atoms with van der Waals surface area (Å²) in [4.78, 5) is 12.8. The molecule has 0 saturated heterocycles. The Labute approximate surface area is 216 Å². The SMILES string of the molecule is CCCCCCOc1ccc(C(=O)OC2CCC(C3CCC(CCCCC)CC3)CC2)cc1Br. The zero-order chi connectivity index (χ0) is 24.2. The number of carbonyl (C=O) groups is 1. The van der Waals surface area contributed by atoms with Crippen LogP contribution in [0, 0.1) is 17.8 Å². The summed E-state index contributed by atoms with van der Waals surface area (Å²) in [6.45, 7) is 5.22. The second kappa shape index (κ2) is 15.2. The van der Waals surface area contributed by atoms with Crippen molar-refractivity contribution in [1.82, 2.24) is 0 Å². The molecule has 0 aromatic heterocycles. The van der Waals surface area contributed by atoms with Gasteiger partial charge >= 0.3 is 5.97 Å². The number of unbranched alkanes of at least 4 members (excludes halogenated alkanes) is 5. The average Bonchev–Trinajstić information content (AvgIpc) is 2.86. The molecule has 192 valence electrons. The van der Waals surface area contributed by atoms with Crippen molar-refractivity contribution in [3.05, 3.63) is 28.2 Å². The van der Waals surface area contributed by atoms with Crippen LogP contribution in [0.15, 0.2) is 22.7 Å². The highest BCUT2D eigenvalue weighted by Crippen LogP contribution is 2.41. The van der Waals surface area contributed by atoms with Crippen LogP contribution < -0.4 is 4.74 Å². The molecule has 34 heavy (non-hydrogen) atoms. The van der Waals surface area contributed by atoms with Crippen LogP contribution in [0.25, 0.3) is 0 Å². The first-order valence-electron chi connectivity index (χ1n) is 14.2. The Hall–Kier alpha value is -1.03. The maximum atomic E-state index is 12.8. The fourth-order valence-electron chi connectivity index (χ4n) is 5.98. The van der Waals surface area contributed by atoms with E-state index in [1.165, 1.54) is 83.5 Å². The predicted octanol–water partition coefficient (Wildman–Crippen LogP) is 9.51. The first kappa shape index (κ1) is 27.6. The van der Waals surface area contributed by atoms with E-state index in [-0.39, 0.29) is 12.1 Å². The number of hydrogen-bond donors (Lipinski definition) is 0. The van der Waals surface area contributed by atoms with Gasteiger partial charge in [-0.15, -0.1) is 0 Å². The largest absolute Gasteiger partial charge is 0.492 e. The zero-order valence-electron chi connectivity index (χ0n) is 21.7. The van der Waals surface area contributed by atoms with Crippen LogP contribution in [0.3, 0.4) is 0 Å². The van der Waals surface area contributed by atoms with Gasteiger partial charge in [-0.1, -0.05) is 71.6 Å². The molecule has 0 N–H and O–H groups in total. The van der Waals surface area contributed by atoms with Crippen molar-refractivity contribution in [3.63, 3.8) is 0 Å². The second-order valence-electron chi connectivity index (χ2n) is 10.8. The van der Waals surface area contributed by atoms with Crippen molar-refractivity contribution in [2.45, 2.75) is 123 Å². The molecule has 1 aromatic rings. The molecule has 3 nitrogen and oxygen atoms in total. The molecule has 2 aliphatic carbocycles. The van der Waals surface area contributed by atoms with E-state index in [0.717, 1.165) is 47.2 Å². The maximum Gasteiger partial charge on any atom is 0.338 e. The van der Waals surface area contributed by atoms with E-state index in [4.69, 9.17) is 9.47 Å². The standard InChI is InChI=1S/C30H47BrO3/c1-3-5-7-9-21-33-29-20-17-26(22-28(29)31)30(32)34-27-18-15-25(16-19-27)24-13-11-23(12-14-24)10-8-6-4-2/h17,20,22-25,27H,3-16,18-19,21H2,1-2H3. The molecule has 0 aliphatic heterocycles. The number of ether oxygens (including phenoxy) is 2. The van der Waals surface area contributed by atoms with Gasteiger partial charge in [-0.05, 0) is 96.8 Å². The van der Waals surface area contributed by atoms with Crippen LogP contribution in [-0.2, 0) is 4.74 Å². The van der Waals surface area contributed by atoms with E-state index in [9.17, 15) is 4.79 Å². The highest BCUT2D eigenvalue weighted by atomic mass is 79.9. The highest BCUT2D eigenvalue weighted by Gasteiger charge is 2.32. The van der Waals surface area contributed by atoms with Gasteiger partial charge in [-0.3, -0.25) is 0 Å². The molecular weight excluding hydrogens is 488 g/mol. The van der Waals surface area contributed by atoms with Crippen LogP contribution in [0.1, 0.15) is 127 Å². The summed E-state index contributed by atoms with van der Waals surface area (Å²) in [5.74, 6) is 3.33. The lowest BCUT2D eigenvalue weighted by Crippen LogP contribution is -2.29. The molecule has 4 heteroatoms. The van der Waals surface area contributed by atoms with E-state index in [0.29, 0.717) is 12.2 Å². The van der Waals surface area contributed by atoms with Crippen LogP contribution in [0.5, 0.6) is 5.75 Å². The van der Waals surface area contributed by atoms with Gasteiger partial charge < -0.3 is 9.47 Å². The van der Waals surface area contributed by atoms with Crippen LogP contribution in [-0.4, -0.2) is 18.7 Å². The van der Waals surface area contributed by atoms with E-state index in [1.807, 2.05) is 18.2 Å².